The van der Waals surface area contributed by atoms with Crippen molar-refractivity contribution < 1.29 is 8.42 Å². The molecule has 0 saturated carbocycles. The van der Waals surface area contributed by atoms with E-state index in [0.29, 0.717) is 4.90 Å². The largest absolute Gasteiger partial charge is 0.264 e. The molecule has 0 radical (unpaired) electrons. The van der Waals surface area contributed by atoms with Gasteiger partial charge in [-0.3, -0.25) is 4.98 Å². The number of benzene rings is 1. The predicted molar refractivity (Wildman–Crippen MR) is 107 cm³/mol. The highest BCUT2D eigenvalue weighted by Gasteiger charge is 2.21. The van der Waals surface area contributed by atoms with Gasteiger partial charge in [0.25, 0.3) is 0 Å². The maximum Gasteiger partial charge on any atom is 0.241 e. The number of aromatic nitrogens is 1. The number of hydrogen-bond donors (Lipinski definition) is 1. The van der Waals surface area contributed by atoms with Crippen molar-refractivity contribution in [2.24, 2.45) is 0 Å². The Morgan fingerprint density at radius 3 is 2.31 bits per heavy atom. The van der Waals surface area contributed by atoms with E-state index < -0.39 is 10.0 Å². The maximum absolute atomic E-state index is 12.9. The quantitative estimate of drug-likeness (QED) is 0.701. The van der Waals surface area contributed by atoms with Crippen LogP contribution in [0.2, 0.25) is 0 Å². The minimum absolute atomic E-state index is 0.208. The van der Waals surface area contributed by atoms with Gasteiger partial charge in [0.1, 0.15) is 0 Å². The van der Waals surface area contributed by atoms with E-state index in [9.17, 15) is 8.42 Å². The lowest BCUT2D eigenvalue weighted by Crippen LogP contribution is -2.25. The lowest BCUT2D eigenvalue weighted by atomic mass is 10.0. The van der Waals surface area contributed by atoms with E-state index in [1.54, 1.807) is 23.7 Å². The number of nitrogens with one attached hydrogen (secondary N) is 1. The summed E-state index contributed by atoms with van der Waals surface area (Å²) in [5.74, 6) is 0. The van der Waals surface area contributed by atoms with Crippen LogP contribution in [0.1, 0.15) is 27.8 Å². The third-order valence-corrected chi connectivity index (χ3v) is 7.04. The Bertz CT molecular complexity index is 1010. The average molecular weight is 387 g/mol. The van der Waals surface area contributed by atoms with Gasteiger partial charge in [0.2, 0.25) is 10.0 Å². The third kappa shape index (κ3) is 3.72. The van der Waals surface area contributed by atoms with E-state index in [4.69, 9.17) is 0 Å². The average Bonchev–Trinajstić information content (AvgIpc) is 3.13. The number of sulfonamides is 1. The zero-order chi connectivity index (χ0) is 18.9. The van der Waals surface area contributed by atoms with E-state index in [-0.39, 0.29) is 6.54 Å². The molecule has 136 valence electrons. The van der Waals surface area contributed by atoms with Gasteiger partial charge in [0.15, 0.2) is 0 Å². The molecule has 0 unspecified atom stereocenters. The van der Waals surface area contributed by atoms with Crippen molar-refractivity contribution in [3.63, 3.8) is 0 Å². The first-order valence-corrected chi connectivity index (χ1v) is 10.8. The van der Waals surface area contributed by atoms with Crippen LogP contribution in [0.3, 0.4) is 0 Å². The molecule has 0 bridgehead atoms. The highest BCUT2D eigenvalue weighted by atomic mass is 32.2. The molecule has 3 aromatic rings. The molecule has 0 aliphatic heterocycles. The van der Waals surface area contributed by atoms with Crippen LogP contribution in [0.5, 0.6) is 0 Å². The van der Waals surface area contributed by atoms with Gasteiger partial charge >= 0.3 is 0 Å². The normalized spacial score (nSPS) is 11.7. The Hall–Kier alpha value is -2.02. The summed E-state index contributed by atoms with van der Waals surface area (Å²) in [6, 6.07) is 6.02. The Labute approximate surface area is 159 Å². The highest BCUT2D eigenvalue weighted by molar-refractivity contribution is 7.89. The molecular formula is C20H22N2O2S2. The SMILES string of the molecule is Cc1cc(C)c(C)c(S(=O)(=O)NCc2cncc(-c3ccsc3)c2)c1C. The van der Waals surface area contributed by atoms with Crippen LogP contribution in [0.25, 0.3) is 11.1 Å². The van der Waals surface area contributed by atoms with Crippen LogP contribution < -0.4 is 4.72 Å². The van der Waals surface area contributed by atoms with Crippen molar-refractivity contribution in [2.75, 3.05) is 0 Å². The van der Waals surface area contributed by atoms with Crippen LogP contribution >= 0.6 is 11.3 Å². The van der Waals surface area contributed by atoms with Crippen molar-refractivity contribution in [1.82, 2.24) is 9.71 Å². The van der Waals surface area contributed by atoms with E-state index in [1.165, 1.54) is 0 Å². The first kappa shape index (κ1) is 18.8. The van der Waals surface area contributed by atoms with Crippen molar-refractivity contribution >= 4 is 21.4 Å². The molecule has 3 rings (SSSR count). The second kappa shape index (κ2) is 7.31. The number of aryl methyl sites for hydroxylation is 2. The van der Waals surface area contributed by atoms with Crippen LogP contribution in [-0.4, -0.2) is 13.4 Å². The van der Waals surface area contributed by atoms with E-state index in [2.05, 4.69) is 9.71 Å². The van der Waals surface area contributed by atoms with Crippen molar-refractivity contribution in [2.45, 2.75) is 39.1 Å². The Balaban J connectivity index is 1.87. The number of thiophene rings is 1. The standard InChI is InChI=1S/C20H22N2O2S2/c1-13-7-14(2)16(4)20(15(13)3)26(23,24)22-10-17-8-19(11-21-9-17)18-5-6-25-12-18/h5-9,11-12,22H,10H2,1-4H3. The van der Waals surface area contributed by atoms with Crippen LogP contribution in [0.15, 0.2) is 46.2 Å². The van der Waals surface area contributed by atoms with Gasteiger partial charge in [-0.25, -0.2) is 13.1 Å². The molecule has 0 spiro atoms. The first-order chi connectivity index (χ1) is 12.3. The Morgan fingerprint density at radius 2 is 1.69 bits per heavy atom. The van der Waals surface area contributed by atoms with Crippen molar-refractivity contribution in [3.05, 3.63) is 69.2 Å². The zero-order valence-electron chi connectivity index (χ0n) is 15.3. The van der Waals surface area contributed by atoms with Gasteiger partial charge in [0, 0.05) is 24.5 Å². The van der Waals surface area contributed by atoms with Gasteiger partial charge in [0.05, 0.1) is 4.90 Å². The Kier molecular flexibility index (Phi) is 5.27. The van der Waals surface area contributed by atoms with Gasteiger partial charge in [-0.15, -0.1) is 0 Å². The minimum atomic E-state index is -3.61. The summed E-state index contributed by atoms with van der Waals surface area (Å²) >= 11 is 1.62. The fraction of sp³-hybridized carbons (Fsp3) is 0.250. The number of hydrogen-bond acceptors (Lipinski definition) is 4. The summed E-state index contributed by atoms with van der Waals surface area (Å²) in [4.78, 5) is 4.63. The maximum atomic E-state index is 12.9. The molecule has 0 fully saturated rings. The topological polar surface area (TPSA) is 59.1 Å². The molecule has 1 aromatic carbocycles. The lowest BCUT2D eigenvalue weighted by Gasteiger charge is -2.16. The molecule has 6 heteroatoms. The monoisotopic (exact) mass is 386 g/mol. The number of pyridine rings is 1. The van der Waals surface area contributed by atoms with Gasteiger partial charge < -0.3 is 0 Å². The van der Waals surface area contributed by atoms with Crippen molar-refractivity contribution in [3.8, 4) is 11.1 Å². The molecule has 0 aliphatic carbocycles. The Morgan fingerprint density at radius 1 is 1.00 bits per heavy atom. The predicted octanol–water partition coefficient (Wildman–Crippen LogP) is 4.52. The lowest BCUT2D eigenvalue weighted by molar-refractivity contribution is 0.579. The molecule has 26 heavy (non-hydrogen) atoms. The first-order valence-electron chi connectivity index (χ1n) is 8.33. The summed E-state index contributed by atoms with van der Waals surface area (Å²) in [6.07, 6.45) is 3.48. The molecule has 0 aliphatic rings. The van der Waals surface area contributed by atoms with Crippen LogP contribution in [0, 0.1) is 27.7 Å². The van der Waals surface area contributed by atoms with Crippen LogP contribution in [0.4, 0.5) is 0 Å². The van der Waals surface area contributed by atoms with Gasteiger partial charge in [-0.05, 0) is 84.0 Å². The molecule has 0 amide bonds. The third-order valence-electron chi connectivity index (χ3n) is 4.68. The molecule has 2 aromatic heterocycles. The minimum Gasteiger partial charge on any atom is -0.264 e. The summed E-state index contributed by atoms with van der Waals surface area (Å²) < 4.78 is 28.6. The van der Waals surface area contributed by atoms with Crippen molar-refractivity contribution in [1.29, 1.82) is 0 Å². The molecule has 2 heterocycles. The zero-order valence-corrected chi connectivity index (χ0v) is 17.0. The van der Waals surface area contributed by atoms with Crippen LogP contribution in [-0.2, 0) is 16.6 Å². The molecular weight excluding hydrogens is 364 g/mol. The smallest absolute Gasteiger partial charge is 0.241 e. The second-order valence-corrected chi connectivity index (χ2v) is 8.99. The summed E-state index contributed by atoms with van der Waals surface area (Å²) in [6.45, 7) is 7.80. The van der Waals surface area contributed by atoms with E-state index >= 15 is 0 Å². The van der Waals surface area contributed by atoms with E-state index in [0.717, 1.165) is 38.9 Å². The molecule has 0 saturated heterocycles. The second-order valence-electron chi connectivity index (χ2n) is 6.51. The van der Waals surface area contributed by atoms with E-state index in [1.807, 2.05) is 56.7 Å². The number of nitrogens with zero attached hydrogens (tertiary/aromatic N) is 1. The highest BCUT2D eigenvalue weighted by Crippen LogP contribution is 2.26. The van der Waals surface area contributed by atoms with Gasteiger partial charge in [-0.1, -0.05) is 6.07 Å². The number of rotatable bonds is 5. The fourth-order valence-electron chi connectivity index (χ4n) is 3.01. The molecule has 4 nitrogen and oxygen atoms in total. The summed E-state index contributed by atoms with van der Waals surface area (Å²) in [5, 5.41) is 4.06. The van der Waals surface area contributed by atoms with Gasteiger partial charge in [-0.2, -0.15) is 11.3 Å². The fourth-order valence-corrected chi connectivity index (χ4v) is 5.30. The molecule has 0 atom stereocenters. The summed E-state index contributed by atoms with van der Waals surface area (Å²) in [5.41, 5.74) is 6.47. The summed E-state index contributed by atoms with van der Waals surface area (Å²) in [7, 11) is -3.61. The molecule has 1 N–H and O–H groups in total.